The Bertz CT molecular complexity index is 377. The minimum Gasteiger partial charge on any atom is -0.313 e. The molecule has 0 bridgehead atoms. The fourth-order valence-electron chi connectivity index (χ4n) is 1.95. The van der Waals surface area contributed by atoms with Crippen molar-refractivity contribution in [3.63, 3.8) is 0 Å². The van der Waals surface area contributed by atoms with E-state index in [1.165, 1.54) is 30.5 Å². The van der Waals surface area contributed by atoms with E-state index in [1.54, 1.807) is 0 Å². The van der Waals surface area contributed by atoms with E-state index in [0.717, 1.165) is 18.1 Å². The zero-order valence-electron chi connectivity index (χ0n) is 12.7. The first kappa shape index (κ1) is 16.5. The summed E-state index contributed by atoms with van der Waals surface area (Å²) in [5.41, 5.74) is 2.60. The van der Waals surface area contributed by atoms with Crippen LogP contribution in [0.3, 0.4) is 0 Å². The Morgan fingerprint density at radius 3 is 2.63 bits per heavy atom. The van der Waals surface area contributed by atoms with E-state index in [1.807, 2.05) is 12.1 Å². The summed E-state index contributed by atoms with van der Waals surface area (Å²) in [6, 6.07) is 6.74. The van der Waals surface area contributed by atoms with E-state index in [9.17, 15) is 0 Å². The fourth-order valence-corrected chi connectivity index (χ4v) is 2.18. The molecule has 0 aliphatic heterocycles. The number of rotatable bonds is 8. The summed E-state index contributed by atoms with van der Waals surface area (Å²) in [5.74, 6) is 0. The molecule has 19 heavy (non-hydrogen) atoms. The highest BCUT2D eigenvalue weighted by Crippen LogP contribution is 2.14. The van der Waals surface area contributed by atoms with Crippen LogP contribution in [-0.2, 0) is 6.54 Å². The Morgan fingerprint density at radius 1 is 1.26 bits per heavy atom. The molecule has 2 nitrogen and oxygen atoms in total. The minimum absolute atomic E-state index is 0.643. The summed E-state index contributed by atoms with van der Waals surface area (Å²) in [6.45, 7) is 9.78. The third kappa shape index (κ3) is 6.42. The predicted octanol–water partition coefficient (Wildman–Crippen LogP) is 3.86. The maximum Gasteiger partial charge on any atom is 0.0408 e. The van der Waals surface area contributed by atoms with Gasteiger partial charge >= 0.3 is 0 Å². The molecule has 108 valence electrons. The molecule has 0 heterocycles. The van der Waals surface area contributed by atoms with Crippen LogP contribution in [0.1, 0.15) is 37.8 Å². The van der Waals surface area contributed by atoms with Gasteiger partial charge in [0.15, 0.2) is 0 Å². The molecule has 0 unspecified atom stereocenters. The lowest BCUT2D eigenvalue weighted by molar-refractivity contribution is 0.268. The standard InChI is InChI=1S/C16H27ClN2/c1-13(2)19(4)10-6-5-9-18-12-15-7-8-16(17)11-14(15)3/h7-8,11,13,18H,5-6,9-10,12H2,1-4H3. The second-order valence-electron chi connectivity index (χ2n) is 5.53. The summed E-state index contributed by atoms with van der Waals surface area (Å²) in [6.07, 6.45) is 2.48. The first-order valence-electron chi connectivity index (χ1n) is 7.16. The van der Waals surface area contributed by atoms with Gasteiger partial charge in [-0.2, -0.15) is 0 Å². The molecule has 0 radical (unpaired) electrons. The molecule has 0 aliphatic rings. The van der Waals surface area contributed by atoms with E-state index >= 15 is 0 Å². The van der Waals surface area contributed by atoms with Gasteiger partial charge in [0, 0.05) is 17.6 Å². The van der Waals surface area contributed by atoms with Gasteiger partial charge in [-0.25, -0.2) is 0 Å². The highest BCUT2D eigenvalue weighted by molar-refractivity contribution is 6.30. The van der Waals surface area contributed by atoms with Crippen molar-refractivity contribution in [2.75, 3.05) is 20.1 Å². The molecule has 0 aromatic heterocycles. The summed E-state index contributed by atoms with van der Waals surface area (Å²) in [4.78, 5) is 2.39. The molecule has 0 fully saturated rings. The molecule has 1 N–H and O–H groups in total. The van der Waals surface area contributed by atoms with Crippen molar-refractivity contribution in [1.82, 2.24) is 10.2 Å². The summed E-state index contributed by atoms with van der Waals surface area (Å²) < 4.78 is 0. The molecule has 0 saturated carbocycles. The van der Waals surface area contributed by atoms with Gasteiger partial charge in [0.1, 0.15) is 0 Å². The topological polar surface area (TPSA) is 15.3 Å². The van der Waals surface area contributed by atoms with Gasteiger partial charge in [-0.3, -0.25) is 0 Å². The number of hydrogen-bond acceptors (Lipinski definition) is 2. The van der Waals surface area contributed by atoms with Crippen molar-refractivity contribution >= 4 is 11.6 Å². The molecule has 1 aromatic rings. The van der Waals surface area contributed by atoms with Gasteiger partial charge in [-0.1, -0.05) is 17.7 Å². The van der Waals surface area contributed by atoms with Crippen molar-refractivity contribution in [3.8, 4) is 0 Å². The first-order valence-corrected chi connectivity index (χ1v) is 7.54. The van der Waals surface area contributed by atoms with Gasteiger partial charge in [0.2, 0.25) is 0 Å². The van der Waals surface area contributed by atoms with Crippen LogP contribution in [-0.4, -0.2) is 31.1 Å². The van der Waals surface area contributed by atoms with Crippen LogP contribution in [0.25, 0.3) is 0 Å². The van der Waals surface area contributed by atoms with Crippen LogP contribution in [0.2, 0.25) is 5.02 Å². The maximum atomic E-state index is 5.95. The Kier molecular flexibility index (Phi) is 7.44. The average molecular weight is 283 g/mol. The number of unbranched alkanes of at least 4 members (excludes halogenated alkanes) is 1. The Hall–Kier alpha value is -0.570. The zero-order valence-corrected chi connectivity index (χ0v) is 13.4. The van der Waals surface area contributed by atoms with Crippen LogP contribution in [0.5, 0.6) is 0 Å². The zero-order chi connectivity index (χ0) is 14.3. The number of nitrogens with one attached hydrogen (secondary N) is 1. The Morgan fingerprint density at radius 2 is 2.00 bits per heavy atom. The number of hydrogen-bond donors (Lipinski definition) is 1. The molecule has 0 amide bonds. The lowest BCUT2D eigenvalue weighted by Gasteiger charge is -2.20. The van der Waals surface area contributed by atoms with Crippen LogP contribution in [0.15, 0.2) is 18.2 Å². The Balaban J connectivity index is 2.14. The molecule has 0 aliphatic carbocycles. The predicted molar refractivity (Wildman–Crippen MR) is 84.9 cm³/mol. The molecular formula is C16H27ClN2. The maximum absolute atomic E-state index is 5.95. The van der Waals surface area contributed by atoms with Crippen LogP contribution >= 0.6 is 11.6 Å². The monoisotopic (exact) mass is 282 g/mol. The smallest absolute Gasteiger partial charge is 0.0408 e. The second kappa shape index (κ2) is 8.57. The molecule has 1 rings (SSSR count). The van der Waals surface area contributed by atoms with Crippen molar-refractivity contribution in [3.05, 3.63) is 34.3 Å². The molecule has 0 saturated heterocycles. The van der Waals surface area contributed by atoms with Crippen LogP contribution in [0, 0.1) is 6.92 Å². The van der Waals surface area contributed by atoms with Crippen LogP contribution < -0.4 is 5.32 Å². The average Bonchev–Trinajstić information content (AvgIpc) is 2.35. The SMILES string of the molecule is Cc1cc(Cl)ccc1CNCCCCN(C)C(C)C. The van der Waals surface area contributed by atoms with E-state index in [-0.39, 0.29) is 0 Å². The minimum atomic E-state index is 0.643. The molecule has 3 heteroatoms. The van der Waals surface area contributed by atoms with E-state index < -0.39 is 0 Å². The third-order valence-electron chi connectivity index (χ3n) is 3.62. The lowest BCUT2D eigenvalue weighted by atomic mass is 10.1. The number of halogens is 1. The second-order valence-corrected chi connectivity index (χ2v) is 5.97. The summed E-state index contributed by atoms with van der Waals surface area (Å²) in [7, 11) is 2.19. The van der Waals surface area contributed by atoms with Gasteiger partial charge in [0.25, 0.3) is 0 Å². The first-order chi connectivity index (χ1) is 9.00. The molecular weight excluding hydrogens is 256 g/mol. The number of nitrogens with zero attached hydrogens (tertiary/aromatic N) is 1. The molecule has 0 spiro atoms. The van der Waals surface area contributed by atoms with E-state index in [4.69, 9.17) is 11.6 Å². The quantitative estimate of drug-likeness (QED) is 0.729. The van der Waals surface area contributed by atoms with Crippen LogP contribution in [0.4, 0.5) is 0 Å². The van der Waals surface area contributed by atoms with Crippen molar-refractivity contribution in [2.24, 2.45) is 0 Å². The number of aryl methyl sites for hydroxylation is 1. The largest absolute Gasteiger partial charge is 0.313 e. The third-order valence-corrected chi connectivity index (χ3v) is 3.85. The summed E-state index contributed by atoms with van der Waals surface area (Å²) >= 11 is 5.95. The Labute approximate surface area is 123 Å². The van der Waals surface area contributed by atoms with Crippen molar-refractivity contribution in [2.45, 2.75) is 46.2 Å². The van der Waals surface area contributed by atoms with Gasteiger partial charge in [-0.05, 0) is 77.0 Å². The lowest BCUT2D eigenvalue weighted by Crippen LogP contribution is -2.27. The van der Waals surface area contributed by atoms with E-state index in [2.05, 4.69) is 44.1 Å². The van der Waals surface area contributed by atoms with Gasteiger partial charge < -0.3 is 10.2 Å². The summed E-state index contributed by atoms with van der Waals surface area (Å²) in [5, 5.41) is 4.32. The van der Waals surface area contributed by atoms with Crippen molar-refractivity contribution < 1.29 is 0 Å². The number of benzene rings is 1. The highest BCUT2D eigenvalue weighted by atomic mass is 35.5. The molecule has 1 aromatic carbocycles. The van der Waals surface area contributed by atoms with Crippen molar-refractivity contribution in [1.29, 1.82) is 0 Å². The van der Waals surface area contributed by atoms with Gasteiger partial charge in [0.05, 0.1) is 0 Å². The van der Waals surface area contributed by atoms with E-state index in [0.29, 0.717) is 6.04 Å². The normalized spacial score (nSPS) is 11.5. The highest BCUT2D eigenvalue weighted by Gasteiger charge is 2.02. The van der Waals surface area contributed by atoms with Gasteiger partial charge in [-0.15, -0.1) is 0 Å². The fraction of sp³-hybridized carbons (Fsp3) is 0.625. The molecule has 0 atom stereocenters.